The second-order valence-corrected chi connectivity index (χ2v) is 6.81. The van der Waals surface area contributed by atoms with Crippen molar-refractivity contribution in [3.63, 3.8) is 0 Å². The van der Waals surface area contributed by atoms with Gasteiger partial charge < -0.3 is 14.1 Å². The summed E-state index contributed by atoms with van der Waals surface area (Å²) in [4.78, 5) is 30.3. The van der Waals surface area contributed by atoms with Crippen LogP contribution < -0.4 is 15.2 Å². The first-order valence-electron chi connectivity index (χ1n) is 7.53. The molecule has 0 unspecified atom stereocenters. The van der Waals surface area contributed by atoms with Gasteiger partial charge in [0.2, 0.25) is 0 Å². The quantitative estimate of drug-likeness (QED) is 0.578. The van der Waals surface area contributed by atoms with Crippen molar-refractivity contribution in [2.75, 3.05) is 7.11 Å². The number of aromatic amines is 1. The number of methoxy groups -OCH3 is 1. The van der Waals surface area contributed by atoms with Crippen LogP contribution in [-0.4, -0.2) is 17.1 Å². The van der Waals surface area contributed by atoms with Crippen LogP contribution in [0.25, 0.3) is 32.3 Å². The van der Waals surface area contributed by atoms with Gasteiger partial charge in [0.1, 0.15) is 0 Å². The zero-order valence-corrected chi connectivity index (χ0v) is 15.0. The van der Waals surface area contributed by atoms with Crippen molar-refractivity contribution >= 4 is 55.2 Å². The predicted octanol–water partition coefficient (Wildman–Crippen LogP) is 3.84. The van der Waals surface area contributed by atoms with Gasteiger partial charge in [-0.1, -0.05) is 35.1 Å². The normalized spacial score (nSPS) is 12.0. The minimum atomic E-state index is -0.411. The van der Waals surface area contributed by atoms with Gasteiger partial charge in [-0.25, -0.2) is 9.78 Å². The van der Waals surface area contributed by atoms with E-state index in [-0.39, 0.29) is 16.4 Å². The highest BCUT2D eigenvalue weighted by Crippen LogP contribution is 2.31. The molecular weight excluding hydrogens is 376 g/mol. The van der Waals surface area contributed by atoms with Crippen LogP contribution in [0.15, 0.2) is 50.4 Å². The molecule has 4 rings (SSSR count). The lowest BCUT2D eigenvalue weighted by Crippen LogP contribution is -2.10. The molecule has 0 fully saturated rings. The van der Waals surface area contributed by atoms with E-state index >= 15 is 0 Å². The fraction of sp³-hybridized carbons (Fsp3) is 0.0556. The number of fused-ring (bicyclic) bond motifs is 2. The Kier molecular flexibility index (Phi) is 4.10. The Morgan fingerprint density at radius 2 is 2.12 bits per heavy atom. The average molecular weight is 387 g/mol. The molecule has 0 atom stereocenters. The number of nitrogens with one attached hydrogen (secondary N) is 1. The molecule has 26 heavy (non-hydrogen) atoms. The first-order chi connectivity index (χ1) is 12.5. The number of halogens is 1. The van der Waals surface area contributed by atoms with Crippen molar-refractivity contribution in [1.29, 1.82) is 0 Å². The molecule has 0 aliphatic heterocycles. The van der Waals surface area contributed by atoms with Crippen LogP contribution in [0.3, 0.4) is 0 Å². The molecule has 130 valence electrons. The van der Waals surface area contributed by atoms with Crippen LogP contribution in [0.4, 0.5) is 0 Å². The topological polar surface area (TPSA) is 85.2 Å². The van der Waals surface area contributed by atoms with Crippen molar-refractivity contribution in [1.82, 2.24) is 9.97 Å². The summed E-state index contributed by atoms with van der Waals surface area (Å²) in [5, 5.41) is 0.747. The van der Waals surface area contributed by atoms with Gasteiger partial charge in [0.25, 0.3) is 5.56 Å². The number of hydrogen-bond acceptors (Lipinski definition) is 6. The van der Waals surface area contributed by atoms with E-state index in [1.807, 2.05) is 0 Å². The number of para-hydroxylation sites is 1. The van der Waals surface area contributed by atoms with Crippen molar-refractivity contribution in [2.45, 2.75) is 0 Å². The van der Waals surface area contributed by atoms with Gasteiger partial charge >= 0.3 is 4.94 Å². The third-order valence-electron chi connectivity index (χ3n) is 3.77. The van der Waals surface area contributed by atoms with Crippen LogP contribution in [0.2, 0.25) is 0 Å². The maximum atomic E-state index is 12.2. The third kappa shape index (κ3) is 2.91. The zero-order chi connectivity index (χ0) is 18.3. The molecule has 2 aromatic heterocycles. The smallest absolute Gasteiger partial charge is 0.396 e. The Morgan fingerprint density at radius 3 is 2.92 bits per heavy atom. The first-order valence-corrected chi connectivity index (χ1v) is 8.73. The Hall–Kier alpha value is -2.90. The van der Waals surface area contributed by atoms with Crippen LogP contribution in [-0.2, 0) is 0 Å². The molecule has 8 heteroatoms. The second kappa shape index (κ2) is 6.44. The number of hydrogen-bond donors (Lipinski definition) is 1. The van der Waals surface area contributed by atoms with Crippen molar-refractivity contribution in [3.8, 4) is 5.75 Å². The Balaban J connectivity index is 1.84. The number of aromatic nitrogens is 2. The molecule has 0 saturated heterocycles. The molecule has 0 aliphatic rings. The molecule has 4 aromatic rings. The zero-order valence-electron chi connectivity index (χ0n) is 13.4. The van der Waals surface area contributed by atoms with E-state index in [9.17, 15) is 9.59 Å². The summed E-state index contributed by atoms with van der Waals surface area (Å²) in [6.07, 6.45) is 1.64. The Morgan fingerprint density at radius 1 is 1.31 bits per heavy atom. The molecule has 0 amide bonds. The Labute approximate surface area is 155 Å². The van der Waals surface area contributed by atoms with Gasteiger partial charge in [0.05, 0.1) is 27.7 Å². The number of ether oxygens (including phenoxy) is 1. The molecule has 0 radical (unpaired) electrons. The maximum absolute atomic E-state index is 12.2. The highest BCUT2D eigenvalue weighted by Gasteiger charge is 2.12. The van der Waals surface area contributed by atoms with Crippen molar-refractivity contribution in [3.05, 3.63) is 67.9 Å². The molecule has 0 aliphatic carbocycles. The summed E-state index contributed by atoms with van der Waals surface area (Å²) >= 11 is 7.35. The Bertz CT molecular complexity index is 1290. The third-order valence-corrected chi connectivity index (χ3v) is 4.84. The van der Waals surface area contributed by atoms with E-state index in [4.69, 9.17) is 20.8 Å². The van der Waals surface area contributed by atoms with Gasteiger partial charge in [0, 0.05) is 0 Å². The van der Waals surface area contributed by atoms with Crippen LogP contribution >= 0.6 is 22.9 Å². The standard InChI is InChI=1S/C18H11ClN2O4S/c1-24-13-7-9(8-14-15(13)25-18(23)26-14)6-11(19)16-20-12-5-3-2-4-10(12)17(22)21-16/h2-8H,1H3,(H,20,21,22)/b11-6-. The summed E-state index contributed by atoms with van der Waals surface area (Å²) in [6, 6.07) is 10.5. The van der Waals surface area contributed by atoms with Crippen molar-refractivity contribution in [2.24, 2.45) is 0 Å². The van der Waals surface area contributed by atoms with E-state index in [0.29, 0.717) is 32.5 Å². The molecule has 0 saturated carbocycles. The van der Waals surface area contributed by atoms with Crippen LogP contribution in [0, 0.1) is 0 Å². The molecule has 1 N–H and O–H groups in total. The highest BCUT2D eigenvalue weighted by atomic mass is 35.5. The lowest BCUT2D eigenvalue weighted by molar-refractivity contribution is 0.408. The van der Waals surface area contributed by atoms with Crippen LogP contribution in [0.1, 0.15) is 11.4 Å². The van der Waals surface area contributed by atoms with Crippen LogP contribution in [0.5, 0.6) is 5.75 Å². The highest BCUT2D eigenvalue weighted by molar-refractivity contribution is 7.16. The van der Waals surface area contributed by atoms with Gasteiger partial charge in [-0.3, -0.25) is 4.79 Å². The molecule has 2 aromatic carbocycles. The van der Waals surface area contributed by atoms with E-state index in [2.05, 4.69) is 9.97 Å². The fourth-order valence-corrected chi connectivity index (χ4v) is 3.57. The number of H-pyrrole nitrogens is 1. The minimum absolute atomic E-state index is 0.255. The second-order valence-electron chi connectivity index (χ2n) is 5.43. The lowest BCUT2D eigenvalue weighted by atomic mass is 10.2. The van der Waals surface area contributed by atoms with Crippen molar-refractivity contribution < 1.29 is 9.15 Å². The van der Waals surface area contributed by atoms with E-state index < -0.39 is 4.94 Å². The van der Waals surface area contributed by atoms with E-state index in [1.165, 1.54) is 7.11 Å². The fourth-order valence-electron chi connectivity index (χ4n) is 2.62. The van der Waals surface area contributed by atoms with E-state index in [0.717, 1.165) is 11.3 Å². The SMILES string of the molecule is COc1cc(/C=C(\Cl)c2nc3ccccc3c(=O)[nH]2)cc2sc(=O)oc12. The van der Waals surface area contributed by atoms with Gasteiger partial charge in [-0.2, -0.15) is 0 Å². The summed E-state index contributed by atoms with van der Waals surface area (Å²) in [6.45, 7) is 0. The lowest BCUT2D eigenvalue weighted by Gasteiger charge is -2.04. The van der Waals surface area contributed by atoms with Gasteiger partial charge in [-0.05, 0) is 35.9 Å². The maximum Gasteiger partial charge on any atom is 0.396 e. The van der Waals surface area contributed by atoms with Gasteiger partial charge in [0.15, 0.2) is 17.2 Å². The number of nitrogens with zero attached hydrogens (tertiary/aromatic N) is 1. The molecular formula is C18H11ClN2O4S. The summed E-state index contributed by atoms with van der Waals surface area (Å²) in [5.74, 6) is 0.686. The summed E-state index contributed by atoms with van der Waals surface area (Å²) < 4.78 is 11.0. The average Bonchev–Trinajstić information content (AvgIpc) is 3.01. The predicted molar refractivity (Wildman–Crippen MR) is 103 cm³/mol. The first kappa shape index (κ1) is 16.6. The monoisotopic (exact) mass is 386 g/mol. The summed E-state index contributed by atoms with van der Waals surface area (Å²) in [7, 11) is 1.49. The largest absolute Gasteiger partial charge is 0.493 e. The molecule has 0 spiro atoms. The van der Waals surface area contributed by atoms with E-state index in [1.54, 1.807) is 42.5 Å². The summed E-state index contributed by atoms with van der Waals surface area (Å²) in [5.41, 5.74) is 1.37. The molecule has 0 bridgehead atoms. The molecule has 6 nitrogen and oxygen atoms in total. The number of rotatable bonds is 3. The van der Waals surface area contributed by atoms with Gasteiger partial charge in [-0.15, -0.1) is 0 Å². The minimum Gasteiger partial charge on any atom is -0.493 e. The number of benzene rings is 2. The molecule has 2 heterocycles.